The molecule has 1 N–H and O–H groups in total. The Kier molecular flexibility index (Phi) is 2.86. The smallest absolute Gasteiger partial charge is 0.142 e. The maximum atomic E-state index is 12.7. The second kappa shape index (κ2) is 4.50. The van der Waals surface area contributed by atoms with Gasteiger partial charge in [-0.2, -0.15) is 0 Å². The van der Waals surface area contributed by atoms with E-state index >= 15 is 0 Å². The summed E-state index contributed by atoms with van der Waals surface area (Å²) in [4.78, 5) is 8.50. The Labute approximate surface area is 103 Å². The van der Waals surface area contributed by atoms with Crippen LogP contribution < -0.4 is 5.32 Å². The molecular formula is C12H12FN3S. The van der Waals surface area contributed by atoms with Gasteiger partial charge >= 0.3 is 0 Å². The molecule has 1 aliphatic carbocycles. The Balaban J connectivity index is 1.72. The van der Waals surface area contributed by atoms with E-state index < -0.39 is 0 Å². The highest BCUT2D eigenvalue weighted by atomic mass is 32.1. The third kappa shape index (κ3) is 2.68. The van der Waals surface area contributed by atoms with Crippen molar-refractivity contribution in [1.82, 2.24) is 15.3 Å². The Morgan fingerprint density at radius 1 is 1.41 bits per heavy atom. The monoisotopic (exact) mass is 249 g/mol. The van der Waals surface area contributed by atoms with Crippen LogP contribution in [0.1, 0.15) is 18.5 Å². The zero-order chi connectivity index (χ0) is 11.7. The molecule has 2 aromatic heterocycles. The Morgan fingerprint density at radius 3 is 3.00 bits per heavy atom. The topological polar surface area (TPSA) is 37.8 Å². The molecule has 1 fully saturated rings. The molecule has 0 unspecified atom stereocenters. The zero-order valence-corrected chi connectivity index (χ0v) is 10.0. The number of nitrogens with one attached hydrogen (secondary N) is 1. The first-order valence-corrected chi connectivity index (χ1v) is 6.49. The minimum Gasteiger partial charge on any atom is -0.308 e. The fourth-order valence-corrected chi connectivity index (χ4v) is 2.34. The van der Waals surface area contributed by atoms with Crippen molar-refractivity contribution in [2.45, 2.75) is 25.4 Å². The van der Waals surface area contributed by atoms with E-state index in [0.29, 0.717) is 6.04 Å². The van der Waals surface area contributed by atoms with Crippen LogP contribution in [0.3, 0.4) is 0 Å². The van der Waals surface area contributed by atoms with Gasteiger partial charge in [-0.15, -0.1) is 11.3 Å². The van der Waals surface area contributed by atoms with Gasteiger partial charge in [0.25, 0.3) is 0 Å². The number of hydrogen-bond donors (Lipinski definition) is 1. The molecule has 0 aliphatic heterocycles. The summed E-state index contributed by atoms with van der Waals surface area (Å²) in [6, 6.07) is 3.75. The van der Waals surface area contributed by atoms with Crippen molar-refractivity contribution in [2.75, 3.05) is 0 Å². The van der Waals surface area contributed by atoms with Crippen LogP contribution in [0.2, 0.25) is 0 Å². The number of thiazole rings is 1. The first-order valence-electron chi connectivity index (χ1n) is 5.61. The lowest BCUT2D eigenvalue weighted by Crippen LogP contribution is -2.15. The standard InChI is InChI=1S/C12H12FN3S/c13-8-1-4-11(15-5-8)12-16-10(7-17-12)6-14-9-2-3-9/h1,4-5,7,9,14H,2-3,6H2. The largest absolute Gasteiger partial charge is 0.308 e. The van der Waals surface area contributed by atoms with Gasteiger partial charge in [0.2, 0.25) is 0 Å². The van der Waals surface area contributed by atoms with Crippen molar-refractivity contribution < 1.29 is 4.39 Å². The van der Waals surface area contributed by atoms with Gasteiger partial charge in [0.05, 0.1) is 17.6 Å². The summed E-state index contributed by atoms with van der Waals surface area (Å²) in [5.41, 5.74) is 1.76. The van der Waals surface area contributed by atoms with E-state index in [4.69, 9.17) is 0 Å². The fourth-order valence-electron chi connectivity index (χ4n) is 1.54. The van der Waals surface area contributed by atoms with Crippen molar-refractivity contribution in [3.05, 3.63) is 35.2 Å². The first-order chi connectivity index (χ1) is 8.31. The molecule has 1 saturated carbocycles. The van der Waals surface area contributed by atoms with Gasteiger partial charge in [-0.05, 0) is 25.0 Å². The molecule has 2 aromatic rings. The summed E-state index contributed by atoms with van der Waals surface area (Å²) in [6.07, 6.45) is 3.77. The van der Waals surface area contributed by atoms with E-state index in [0.717, 1.165) is 22.9 Å². The molecule has 0 aromatic carbocycles. The van der Waals surface area contributed by atoms with Gasteiger partial charge < -0.3 is 5.32 Å². The third-order valence-corrected chi connectivity index (χ3v) is 3.56. The summed E-state index contributed by atoms with van der Waals surface area (Å²) in [7, 11) is 0. The number of aromatic nitrogens is 2. The van der Waals surface area contributed by atoms with Crippen molar-refractivity contribution in [1.29, 1.82) is 0 Å². The van der Waals surface area contributed by atoms with Gasteiger partial charge in [-0.25, -0.2) is 9.37 Å². The van der Waals surface area contributed by atoms with E-state index in [-0.39, 0.29) is 5.82 Å². The van der Waals surface area contributed by atoms with Gasteiger partial charge in [-0.3, -0.25) is 4.98 Å². The molecule has 0 spiro atoms. The summed E-state index contributed by atoms with van der Waals surface area (Å²) in [5, 5.41) is 6.28. The number of nitrogens with zero attached hydrogens (tertiary/aromatic N) is 2. The average molecular weight is 249 g/mol. The van der Waals surface area contributed by atoms with Crippen LogP contribution in [0.5, 0.6) is 0 Å². The zero-order valence-electron chi connectivity index (χ0n) is 9.19. The summed E-state index contributed by atoms with van der Waals surface area (Å²) >= 11 is 1.54. The number of hydrogen-bond acceptors (Lipinski definition) is 4. The van der Waals surface area contributed by atoms with Crippen LogP contribution in [0, 0.1) is 5.82 Å². The molecule has 0 radical (unpaired) electrons. The highest BCUT2D eigenvalue weighted by molar-refractivity contribution is 7.13. The van der Waals surface area contributed by atoms with Gasteiger partial charge in [0.15, 0.2) is 0 Å². The van der Waals surface area contributed by atoms with Crippen LogP contribution in [-0.4, -0.2) is 16.0 Å². The molecule has 0 bridgehead atoms. The molecule has 88 valence electrons. The summed E-state index contributed by atoms with van der Waals surface area (Å²) in [6.45, 7) is 0.808. The fraction of sp³-hybridized carbons (Fsp3) is 0.333. The lowest BCUT2D eigenvalue weighted by molar-refractivity contribution is 0.622. The van der Waals surface area contributed by atoms with E-state index in [2.05, 4.69) is 15.3 Å². The lowest BCUT2D eigenvalue weighted by atomic mass is 10.3. The molecule has 0 atom stereocenters. The molecule has 0 amide bonds. The summed E-state index contributed by atoms with van der Waals surface area (Å²) < 4.78 is 12.7. The SMILES string of the molecule is Fc1ccc(-c2nc(CNC3CC3)cs2)nc1. The highest BCUT2D eigenvalue weighted by Gasteiger charge is 2.20. The predicted molar refractivity (Wildman–Crippen MR) is 65.2 cm³/mol. The Morgan fingerprint density at radius 2 is 2.29 bits per heavy atom. The minimum absolute atomic E-state index is 0.319. The normalized spacial score (nSPS) is 15.1. The molecule has 2 heterocycles. The van der Waals surface area contributed by atoms with Crippen LogP contribution in [0.4, 0.5) is 4.39 Å². The van der Waals surface area contributed by atoms with Crippen molar-refractivity contribution in [3.63, 3.8) is 0 Å². The average Bonchev–Trinajstić information content (AvgIpc) is 3.06. The van der Waals surface area contributed by atoms with Crippen LogP contribution in [0.25, 0.3) is 10.7 Å². The maximum absolute atomic E-state index is 12.7. The molecular weight excluding hydrogens is 237 g/mol. The van der Waals surface area contributed by atoms with Gasteiger partial charge in [-0.1, -0.05) is 0 Å². The van der Waals surface area contributed by atoms with Crippen LogP contribution in [0.15, 0.2) is 23.7 Å². The minimum atomic E-state index is -0.319. The number of halogens is 1. The molecule has 1 aliphatic rings. The molecule has 0 saturated heterocycles. The molecule has 3 rings (SSSR count). The van der Waals surface area contributed by atoms with Crippen molar-refractivity contribution in [3.8, 4) is 10.7 Å². The van der Waals surface area contributed by atoms with Crippen molar-refractivity contribution in [2.24, 2.45) is 0 Å². The molecule has 17 heavy (non-hydrogen) atoms. The second-order valence-electron chi connectivity index (χ2n) is 4.16. The van der Waals surface area contributed by atoms with Gasteiger partial charge in [0, 0.05) is 18.0 Å². The van der Waals surface area contributed by atoms with E-state index in [9.17, 15) is 4.39 Å². The van der Waals surface area contributed by atoms with Crippen molar-refractivity contribution >= 4 is 11.3 Å². The Hall–Kier alpha value is -1.33. The highest BCUT2D eigenvalue weighted by Crippen LogP contribution is 2.23. The first kappa shape index (κ1) is 10.8. The van der Waals surface area contributed by atoms with E-state index in [1.165, 1.54) is 25.1 Å². The molecule has 5 heteroatoms. The third-order valence-electron chi connectivity index (χ3n) is 2.65. The molecule has 3 nitrogen and oxygen atoms in total. The number of pyridine rings is 1. The quantitative estimate of drug-likeness (QED) is 0.905. The van der Waals surface area contributed by atoms with Crippen LogP contribution in [-0.2, 0) is 6.54 Å². The Bertz CT molecular complexity index is 505. The van der Waals surface area contributed by atoms with E-state index in [1.807, 2.05) is 5.38 Å². The van der Waals surface area contributed by atoms with Gasteiger partial charge in [0.1, 0.15) is 10.8 Å². The van der Waals surface area contributed by atoms with Crippen LogP contribution >= 0.6 is 11.3 Å². The number of rotatable bonds is 4. The predicted octanol–water partition coefficient (Wildman–Crippen LogP) is 2.60. The van der Waals surface area contributed by atoms with E-state index in [1.54, 1.807) is 17.4 Å². The lowest BCUT2D eigenvalue weighted by Gasteiger charge is -1.97. The summed E-state index contributed by atoms with van der Waals surface area (Å²) in [5.74, 6) is -0.319. The second-order valence-corrected chi connectivity index (χ2v) is 5.02. The maximum Gasteiger partial charge on any atom is 0.142 e.